The molecule has 20 heavy (non-hydrogen) atoms. The number of esters is 1. The van der Waals surface area contributed by atoms with Crippen LogP contribution < -0.4 is 4.74 Å². The van der Waals surface area contributed by atoms with E-state index in [2.05, 4.69) is 24.3 Å². The number of carbonyl (C=O) groups is 1. The van der Waals surface area contributed by atoms with Crippen molar-refractivity contribution in [2.75, 3.05) is 0 Å². The predicted octanol–water partition coefficient (Wildman–Crippen LogP) is 4.44. The number of rotatable bonds is 6. The molecule has 2 rings (SSSR count). The van der Waals surface area contributed by atoms with Crippen molar-refractivity contribution < 1.29 is 9.53 Å². The molecule has 0 heterocycles. The summed E-state index contributed by atoms with van der Waals surface area (Å²) in [7, 11) is 0. The standard InChI is InChI=1S/C17H18O2S/c1-2-17(18)19-16-10-8-15(9-11-16)13-20-12-14-6-4-3-5-7-14/h3-11H,2,12-13H2,1H3. The Hall–Kier alpha value is -1.74. The molecule has 0 aliphatic heterocycles. The molecule has 0 fully saturated rings. The van der Waals surface area contributed by atoms with Gasteiger partial charge in [0.25, 0.3) is 0 Å². The summed E-state index contributed by atoms with van der Waals surface area (Å²) in [6, 6.07) is 18.2. The van der Waals surface area contributed by atoms with Crippen LogP contribution in [0.25, 0.3) is 0 Å². The molecule has 0 N–H and O–H groups in total. The maximum absolute atomic E-state index is 11.2. The maximum Gasteiger partial charge on any atom is 0.310 e. The molecule has 0 radical (unpaired) electrons. The minimum absolute atomic E-state index is 0.198. The van der Waals surface area contributed by atoms with E-state index in [0.717, 1.165) is 11.5 Å². The Labute approximate surface area is 124 Å². The highest BCUT2D eigenvalue weighted by Crippen LogP contribution is 2.20. The fourth-order valence-electron chi connectivity index (χ4n) is 1.72. The number of benzene rings is 2. The zero-order valence-electron chi connectivity index (χ0n) is 11.5. The lowest BCUT2D eigenvalue weighted by molar-refractivity contribution is -0.134. The summed E-state index contributed by atoms with van der Waals surface area (Å²) in [5.41, 5.74) is 2.58. The second-order valence-corrected chi connectivity index (χ2v) is 5.44. The van der Waals surface area contributed by atoms with E-state index >= 15 is 0 Å². The molecule has 0 aliphatic rings. The molecule has 2 aromatic rings. The summed E-state index contributed by atoms with van der Waals surface area (Å²) in [6.45, 7) is 1.79. The van der Waals surface area contributed by atoms with Crippen LogP contribution in [-0.2, 0) is 16.3 Å². The number of thioether (sulfide) groups is 1. The van der Waals surface area contributed by atoms with E-state index in [1.807, 2.05) is 42.1 Å². The molecule has 0 aromatic heterocycles. The van der Waals surface area contributed by atoms with Crippen molar-refractivity contribution in [3.8, 4) is 5.75 Å². The Kier molecular flexibility index (Phi) is 5.69. The van der Waals surface area contributed by atoms with Crippen molar-refractivity contribution in [3.05, 3.63) is 65.7 Å². The van der Waals surface area contributed by atoms with Gasteiger partial charge in [-0.2, -0.15) is 11.8 Å². The molecule has 104 valence electrons. The fraction of sp³-hybridized carbons (Fsp3) is 0.235. The third kappa shape index (κ3) is 4.74. The van der Waals surface area contributed by atoms with Crippen molar-refractivity contribution in [1.82, 2.24) is 0 Å². The van der Waals surface area contributed by atoms with E-state index < -0.39 is 0 Å². The van der Waals surface area contributed by atoms with Crippen LogP contribution in [0.3, 0.4) is 0 Å². The van der Waals surface area contributed by atoms with Gasteiger partial charge in [0.2, 0.25) is 0 Å². The first-order chi connectivity index (χ1) is 9.78. The van der Waals surface area contributed by atoms with Gasteiger partial charge in [0.05, 0.1) is 0 Å². The summed E-state index contributed by atoms with van der Waals surface area (Å²) in [5.74, 6) is 2.38. The normalized spacial score (nSPS) is 10.2. The molecule has 0 bridgehead atoms. The van der Waals surface area contributed by atoms with E-state index in [1.165, 1.54) is 11.1 Å². The SMILES string of the molecule is CCC(=O)Oc1ccc(CSCc2ccccc2)cc1. The lowest BCUT2D eigenvalue weighted by atomic mass is 10.2. The largest absolute Gasteiger partial charge is 0.427 e. The molecule has 3 heteroatoms. The molecule has 0 saturated heterocycles. The van der Waals surface area contributed by atoms with Gasteiger partial charge in [-0.25, -0.2) is 0 Å². The van der Waals surface area contributed by atoms with Crippen molar-refractivity contribution >= 4 is 17.7 Å². The van der Waals surface area contributed by atoms with Gasteiger partial charge in [-0.3, -0.25) is 4.79 Å². The lowest BCUT2D eigenvalue weighted by Gasteiger charge is -2.05. The van der Waals surface area contributed by atoms with Crippen LogP contribution in [0.4, 0.5) is 0 Å². The highest BCUT2D eigenvalue weighted by molar-refractivity contribution is 7.97. The maximum atomic E-state index is 11.2. The molecule has 2 nitrogen and oxygen atoms in total. The van der Waals surface area contributed by atoms with Gasteiger partial charge < -0.3 is 4.74 Å². The highest BCUT2D eigenvalue weighted by atomic mass is 32.2. The Bertz CT molecular complexity index is 535. The van der Waals surface area contributed by atoms with E-state index in [-0.39, 0.29) is 5.97 Å². The lowest BCUT2D eigenvalue weighted by Crippen LogP contribution is -2.05. The summed E-state index contributed by atoms with van der Waals surface area (Å²) in [4.78, 5) is 11.2. The van der Waals surface area contributed by atoms with Gasteiger partial charge in [-0.05, 0) is 23.3 Å². The zero-order chi connectivity index (χ0) is 14.2. The summed E-state index contributed by atoms with van der Waals surface area (Å²) in [6.07, 6.45) is 0.397. The smallest absolute Gasteiger partial charge is 0.310 e. The molecule has 2 aromatic carbocycles. The minimum Gasteiger partial charge on any atom is -0.427 e. The average Bonchev–Trinajstić information content (AvgIpc) is 2.50. The molecular weight excluding hydrogens is 268 g/mol. The Morgan fingerprint density at radius 3 is 2.15 bits per heavy atom. The first-order valence-corrected chi connectivity index (χ1v) is 7.84. The van der Waals surface area contributed by atoms with Crippen molar-refractivity contribution in [2.24, 2.45) is 0 Å². The van der Waals surface area contributed by atoms with Crippen LogP contribution >= 0.6 is 11.8 Å². The first kappa shape index (κ1) is 14.7. The van der Waals surface area contributed by atoms with Gasteiger partial charge >= 0.3 is 5.97 Å². The Morgan fingerprint density at radius 2 is 1.55 bits per heavy atom. The van der Waals surface area contributed by atoms with Crippen LogP contribution in [0.5, 0.6) is 5.75 Å². The number of carbonyl (C=O) groups excluding carboxylic acids is 1. The number of ether oxygens (including phenoxy) is 1. The van der Waals surface area contributed by atoms with Gasteiger partial charge in [0, 0.05) is 17.9 Å². The summed E-state index contributed by atoms with van der Waals surface area (Å²) < 4.78 is 5.15. The summed E-state index contributed by atoms with van der Waals surface area (Å²) in [5, 5.41) is 0. The molecule has 0 spiro atoms. The van der Waals surface area contributed by atoms with Gasteiger partial charge in [-0.1, -0.05) is 49.4 Å². The molecule has 0 aliphatic carbocycles. The predicted molar refractivity (Wildman–Crippen MR) is 83.8 cm³/mol. The summed E-state index contributed by atoms with van der Waals surface area (Å²) >= 11 is 1.88. The second kappa shape index (κ2) is 7.75. The first-order valence-electron chi connectivity index (χ1n) is 6.69. The minimum atomic E-state index is -0.198. The van der Waals surface area contributed by atoms with Crippen molar-refractivity contribution in [3.63, 3.8) is 0 Å². The van der Waals surface area contributed by atoms with E-state index in [1.54, 1.807) is 6.92 Å². The molecule has 0 amide bonds. The molecule has 0 unspecified atom stereocenters. The Morgan fingerprint density at radius 1 is 0.950 bits per heavy atom. The third-order valence-electron chi connectivity index (χ3n) is 2.82. The Balaban J connectivity index is 1.80. The van der Waals surface area contributed by atoms with Gasteiger partial charge in [0.1, 0.15) is 5.75 Å². The van der Waals surface area contributed by atoms with E-state index in [4.69, 9.17) is 4.74 Å². The van der Waals surface area contributed by atoms with Crippen LogP contribution in [-0.4, -0.2) is 5.97 Å². The van der Waals surface area contributed by atoms with E-state index in [0.29, 0.717) is 12.2 Å². The number of hydrogen-bond donors (Lipinski definition) is 0. The average molecular weight is 286 g/mol. The quantitative estimate of drug-likeness (QED) is 0.580. The second-order valence-electron chi connectivity index (χ2n) is 4.45. The topological polar surface area (TPSA) is 26.3 Å². The van der Waals surface area contributed by atoms with Crippen LogP contribution in [0.15, 0.2) is 54.6 Å². The highest BCUT2D eigenvalue weighted by Gasteiger charge is 2.01. The third-order valence-corrected chi connectivity index (χ3v) is 3.90. The van der Waals surface area contributed by atoms with Gasteiger partial charge in [0.15, 0.2) is 0 Å². The van der Waals surface area contributed by atoms with Gasteiger partial charge in [-0.15, -0.1) is 0 Å². The number of hydrogen-bond acceptors (Lipinski definition) is 3. The van der Waals surface area contributed by atoms with Crippen molar-refractivity contribution in [1.29, 1.82) is 0 Å². The molecule has 0 atom stereocenters. The van der Waals surface area contributed by atoms with Crippen LogP contribution in [0.1, 0.15) is 24.5 Å². The van der Waals surface area contributed by atoms with Crippen LogP contribution in [0.2, 0.25) is 0 Å². The van der Waals surface area contributed by atoms with Crippen LogP contribution in [0, 0.1) is 0 Å². The fourth-order valence-corrected chi connectivity index (χ4v) is 2.68. The van der Waals surface area contributed by atoms with Crippen molar-refractivity contribution in [2.45, 2.75) is 24.9 Å². The van der Waals surface area contributed by atoms with E-state index in [9.17, 15) is 4.79 Å². The molecule has 0 saturated carbocycles. The molecular formula is C17H18O2S. The monoisotopic (exact) mass is 286 g/mol. The zero-order valence-corrected chi connectivity index (χ0v) is 12.4.